The van der Waals surface area contributed by atoms with Crippen LogP contribution in [-0.4, -0.2) is 25.2 Å². The van der Waals surface area contributed by atoms with Gasteiger partial charge in [-0.3, -0.25) is 0 Å². The van der Waals surface area contributed by atoms with Crippen molar-refractivity contribution in [3.05, 3.63) is 35.8 Å². The van der Waals surface area contributed by atoms with Gasteiger partial charge in [-0.2, -0.15) is 0 Å². The van der Waals surface area contributed by atoms with E-state index in [1.165, 1.54) is 25.0 Å². The first-order chi connectivity index (χ1) is 11.4. The zero-order chi connectivity index (χ0) is 17.1. The van der Waals surface area contributed by atoms with Gasteiger partial charge in [0.2, 0.25) is 0 Å². The van der Waals surface area contributed by atoms with Crippen molar-refractivity contribution in [3.63, 3.8) is 0 Å². The molecule has 3 nitrogen and oxygen atoms in total. The first-order valence-corrected chi connectivity index (χ1v) is 9.59. The van der Waals surface area contributed by atoms with Gasteiger partial charge < -0.3 is 15.7 Å². The molecule has 0 aromatic heterocycles. The molecule has 4 aliphatic carbocycles. The second-order valence-electron chi connectivity index (χ2n) is 8.88. The summed E-state index contributed by atoms with van der Waals surface area (Å²) in [5.74, 6) is 3.02. The van der Waals surface area contributed by atoms with Crippen molar-refractivity contribution in [1.29, 1.82) is 0 Å². The van der Waals surface area contributed by atoms with Crippen LogP contribution in [0.5, 0.6) is 0 Å². The third-order valence-electron chi connectivity index (χ3n) is 8.11. The predicted molar refractivity (Wildman–Crippen MR) is 98.5 cm³/mol. The van der Waals surface area contributed by atoms with Crippen LogP contribution < -0.4 is 10.6 Å². The summed E-state index contributed by atoms with van der Waals surface area (Å²) in [7, 11) is 4.21. The molecule has 2 fully saturated rings. The molecule has 0 saturated heterocycles. The van der Waals surface area contributed by atoms with E-state index in [-0.39, 0.29) is 5.41 Å². The number of rotatable bonds is 2. The van der Waals surface area contributed by atoms with Gasteiger partial charge in [-0.25, -0.2) is 0 Å². The maximum atomic E-state index is 10.0. The lowest BCUT2D eigenvalue weighted by Gasteiger charge is -2.60. The van der Waals surface area contributed by atoms with Crippen molar-refractivity contribution in [3.8, 4) is 0 Å². The van der Waals surface area contributed by atoms with Gasteiger partial charge in [0, 0.05) is 24.2 Å². The van der Waals surface area contributed by atoms with Crippen LogP contribution in [0.25, 0.3) is 0 Å². The Morgan fingerprint density at radius 2 is 2.00 bits per heavy atom. The summed E-state index contributed by atoms with van der Waals surface area (Å²) in [5.41, 5.74) is 1.96. The minimum Gasteiger partial charge on any atom is -0.508 e. The van der Waals surface area contributed by atoms with Crippen molar-refractivity contribution in [2.75, 3.05) is 14.1 Å². The number of allylic oxidation sites excluding steroid dienone is 5. The first-order valence-electron chi connectivity index (χ1n) is 9.59. The zero-order valence-electron chi connectivity index (χ0n) is 15.5. The molecule has 7 atom stereocenters. The molecule has 0 spiro atoms. The number of aliphatic hydroxyl groups is 1. The molecule has 0 unspecified atom stereocenters. The first kappa shape index (κ1) is 16.3. The Bertz CT molecular complexity index is 621. The third kappa shape index (κ3) is 2.00. The van der Waals surface area contributed by atoms with Crippen LogP contribution in [0, 0.1) is 34.5 Å². The van der Waals surface area contributed by atoms with Crippen molar-refractivity contribution in [2.24, 2.45) is 34.5 Å². The van der Waals surface area contributed by atoms with E-state index in [1.54, 1.807) is 0 Å². The monoisotopic (exact) mass is 328 g/mol. The summed E-state index contributed by atoms with van der Waals surface area (Å²) < 4.78 is 0. The minimum atomic E-state index is 0.188. The normalized spacial score (nSPS) is 49.6. The highest BCUT2D eigenvalue weighted by atomic mass is 16.3. The van der Waals surface area contributed by atoms with Crippen molar-refractivity contribution >= 4 is 0 Å². The number of aliphatic hydroxyl groups excluding tert-OH is 1. The average molecular weight is 329 g/mol. The van der Waals surface area contributed by atoms with Crippen molar-refractivity contribution in [1.82, 2.24) is 10.6 Å². The molecular weight excluding hydrogens is 296 g/mol. The van der Waals surface area contributed by atoms with Crippen LogP contribution in [-0.2, 0) is 0 Å². The second-order valence-corrected chi connectivity index (χ2v) is 8.88. The van der Waals surface area contributed by atoms with Gasteiger partial charge in [-0.15, -0.1) is 0 Å². The number of hydrogen-bond donors (Lipinski definition) is 3. The second kappa shape index (κ2) is 5.39. The van der Waals surface area contributed by atoms with Crippen LogP contribution in [0.4, 0.5) is 0 Å². The largest absolute Gasteiger partial charge is 0.508 e. The van der Waals surface area contributed by atoms with Crippen molar-refractivity contribution in [2.45, 2.75) is 45.6 Å². The summed E-state index contributed by atoms with van der Waals surface area (Å²) in [5, 5.41) is 17.2. The van der Waals surface area contributed by atoms with E-state index in [9.17, 15) is 5.11 Å². The van der Waals surface area contributed by atoms with Gasteiger partial charge in [0.1, 0.15) is 5.76 Å². The number of hydrogen-bond acceptors (Lipinski definition) is 3. The Labute approximate surface area is 146 Å². The molecule has 2 saturated carbocycles. The van der Waals surface area contributed by atoms with Gasteiger partial charge in [0.05, 0.1) is 0 Å². The summed E-state index contributed by atoms with van der Waals surface area (Å²) in [6.07, 6.45) is 13.7. The van der Waals surface area contributed by atoms with E-state index >= 15 is 0 Å². The molecule has 4 aliphatic rings. The average Bonchev–Trinajstić information content (AvgIpc) is 2.91. The Hall–Kier alpha value is -1.22. The van der Waals surface area contributed by atoms with Gasteiger partial charge in [-0.05, 0) is 74.0 Å². The predicted octanol–water partition coefficient (Wildman–Crippen LogP) is 3.77. The highest BCUT2D eigenvalue weighted by Crippen LogP contribution is 2.64. The van der Waals surface area contributed by atoms with Crippen molar-refractivity contribution < 1.29 is 5.11 Å². The molecule has 0 aromatic rings. The van der Waals surface area contributed by atoms with Gasteiger partial charge >= 0.3 is 0 Å². The Kier molecular flexibility index (Phi) is 3.65. The Morgan fingerprint density at radius 3 is 2.71 bits per heavy atom. The van der Waals surface area contributed by atoms with Crippen LogP contribution >= 0.6 is 0 Å². The molecule has 24 heavy (non-hydrogen) atoms. The highest BCUT2D eigenvalue weighted by molar-refractivity contribution is 5.30. The standard InChI is InChI=1S/C21H32N2O/c1-20-9-7-14(24)11-13(20)12-17(22-3)19-15-5-6-18(23-4)21(15,2)10-8-16(19)20/h6-7,9,11,13,15-17,19,22-24H,5,8,10,12H2,1-4H3/t13-,15-,16-,17-,19-,20-,21-/m0/s1. The molecule has 132 valence electrons. The maximum absolute atomic E-state index is 10.0. The van der Waals surface area contributed by atoms with E-state index < -0.39 is 0 Å². The number of fused-ring (bicyclic) bond motifs is 5. The fraction of sp³-hybridized carbons (Fsp3) is 0.714. The summed E-state index contributed by atoms with van der Waals surface area (Å²) in [4.78, 5) is 0. The maximum Gasteiger partial charge on any atom is 0.111 e. The van der Waals surface area contributed by atoms with E-state index in [0.717, 1.165) is 12.3 Å². The summed E-state index contributed by atoms with van der Waals surface area (Å²) in [6, 6.07) is 0.540. The SMILES string of the molecule is CNC1=CC[C@H]2[C@@H]3[C@@H](NC)C[C@@H]4C=C(O)C=C[C@]4(C)[C@H]3CC[C@]12C. The quantitative estimate of drug-likeness (QED) is 0.723. The molecule has 3 heteroatoms. The van der Waals surface area contributed by atoms with Gasteiger partial charge in [0.15, 0.2) is 0 Å². The molecule has 0 aliphatic heterocycles. The summed E-state index contributed by atoms with van der Waals surface area (Å²) >= 11 is 0. The number of nitrogens with one attached hydrogen (secondary N) is 2. The molecule has 0 heterocycles. The Balaban J connectivity index is 1.73. The van der Waals surface area contributed by atoms with Crippen LogP contribution in [0.3, 0.4) is 0 Å². The van der Waals surface area contributed by atoms with E-state index in [2.05, 4.69) is 56.8 Å². The molecule has 0 amide bonds. The fourth-order valence-electron chi connectivity index (χ4n) is 6.73. The summed E-state index contributed by atoms with van der Waals surface area (Å²) in [6.45, 7) is 4.91. The Morgan fingerprint density at radius 1 is 1.21 bits per heavy atom. The molecule has 0 radical (unpaired) electrons. The van der Waals surface area contributed by atoms with Crippen LogP contribution in [0.1, 0.15) is 39.5 Å². The fourth-order valence-corrected chi connectivity index (χ4v) is 6.73. The lowest BCUT2D eigenvalue weighted by Crippen LogP contribution is -2.59. The smallest absolute Gasteiger partial charge is 0.111 e. The molecule has 4 rings (SSSR count). The van der Waals surface area contributed by atoms with E-state index in [0.29, 0.717) is 35.0 Å². The molecule has 0 aromatic carbocycles. The van der Waals surface area contributed by atoms with Gasteiger partial charge in [0.25, 0.3) is 0 Å². The zero-order valence-corrected chi connectivity index (χ0v) is 15.5. The molecule has 3 N–H and O–H groups in total. The van der Waals surface area contributed by atoms with E-state index in [1.807, 2.05) is 6.08 Å². The molecule has 0 bridgehead atoms. The molecular formula is C21H32N2O. The third-order valence-corrected chi connectivity index (χ3v) is 8.11. The highest BCUT2D eigenvalue weighted by Gasteiger charge is 2.59. The topological polar surface area (TPSA) is 44.3 Å². The minimum absolute atomic E-state index is 0.188. The van der Waals surface area contributed by atoms with Crippen LogP contribution in [0.15, 0.2) is 35.8 Å². The van der Waals surface area contributed by atoms with Crippen LogP contribution in [0.2, 0.25) is 0 Å². The lowest BCUT2D eigenvalue weighted by atomic mass is 9.45. The van der Waals surface area contributed by atoms with E-state index in [4.69, 9.17) is 0 Å². The van der Waals surface area contributed by atoms with Gasteiger partial charge in [-0.1, -0.05) is 26.0 Å². The lowest BCUT2D eigenvalue weighted by molar-refractivity contribution is -0.0675.